The second-order valence-corrected chi connectivity index (χ2v) is 6.09. The van der Waals surface area contributed by atoms with E-state index in [1.807, 2.05) is 0 Å². The molecule has 0 N–H and O–H groups in total. The summed E-state index contributed by atoms with van der Waals surface area (Å²) in [4.78, 5) is 57.2. The number of carbonyl (C=O) groups is 5. The predicted octanol–water partition coefficient (Wildman–Crippen LogP) is 0.296. The van der Waals surface area contributed by atoms with Crippen molar-refractivity contribution in [2.75, 3.05) is 6.61 Å². The first-order valence-electron chi connectivity index (χ1n) is 8.35. The van der Waals surface area contributed by atoms with Gasteiger partial charge in [-0.25, -0.2) is 0 Å². The van der Waals surface area contributed by atoms with Crippen molar-refractivity contribution in [3.63, 3.8) is 0 Å². The van der Waals surface area contributed by atoms with Gasteiger partial charge in [0.25, 0.3) is 0 Å². The average molecular weight is 388 g/mol. The van der Waals surface area contributed by atoms with E-state index < -0.39 is 60.2 Å². The van der Waals surface area contributed by atoms with Crippen molar-refractivity contribution in [1.82, 2.24) is 0 Å². The second kappa shape index (κ2) is 9.89. The predicted molar refractivity (Wildman–Crippen MR) is 87.0 cm³/mol. The minimum Gasteiger partial charge on any atom is -0.466 e. The summed E-state index contributed by atoms with van der Waals surface area (Å²) in [6, 6.07) is 0. The molecule has 0 heterocycles. The molecule has 0 aromatic rings. The van der Waals surface area contributed by atoms with E-state index in [-0.39, 0.29) is 13.0 Å². The van der Waals surface area contributed by atoms with Crippen LogP contribution in [0.1, 0.15) is 41.0 Å². The summed E-state index contributed by atoms with van der Waals surface area (Å²) in [7, 11) is 0. The summed E-state index contributed by atoms with van der Waals surface area (Å²) < 4.78 is 25.9. The Bertz CT molecular complexity index is 557. The van der Waals surface area contributed by atoms with Crippen LogP contribution in [0.2, 0.25) is 0 Å². The Morgan fingerprint density at radius 2 is 0.889 bits per heavy atom. The molecule has 1 saturated carbocycles. The SMILES string of the molecule is CC(=O)OCCC1[C@@H](OC(C)=O)[C@H](OC(C)=O)[C@@H](OC(C)=O)[C@H]1OC(C)=O. The maximum Gasteiger partial charge on any atom is 0.303 e. The topological polar surface area (TPSA) is 132 Å². The van der Waals surface area contributed by atoms with E-state index in [4.69, 9.17) is 23.7 Å². The fourth-order valence-corrected chi connectivity index (χ4v) is 3.06. The molecule has 1 aliphatic rings. The highest BCUT2D eigenvalue weighted by atomic mass is 16.6. The standard InChI is InChI=1S/C17H24O10/c1-8(18)23-7-6-13-14(24-9(2)19)16(26-11(4)21)17(27-12(5)22)15(13)25-10(3)20/h13-17H,6-7H2,1-5H3/t13?,14-,15+,16-,17-/m0/s1. The first-order valence-corrected chi connectivity index (χ1v) is 8.35. The third-order valence-corrected chi connectivity index (χ3v) is 3.78. The van der Waals surface area contributed by atoms with Crippen LogP contribution in [0.25, 0.3) is 0 Å². The molecular weight excluding hydrogens is 364 g/mol. The minimum absolute atomic E-state index is 0.0604. The molecule has 0 bridgehead atoms. The maximum absolute atomic E-state index is 11.6. The molecule has 0 aromatic carbocycles. The van der Waals surface area contributed by atoms with E-state index >= 15 is 0 Å². The van der Waals surface area contributed by atoms with Gasteiger partial charge in [0.2, 0.25) is 0 Å². The lowest BCUT2D eigenvalue weighted by Gasteiger charge is -2.24. The number of hydrogen-bond donors (Lipinski definition) is 0. The number of rotatable bonds is 7. The molecule has 0 aliphatic heterocycles. The van der Waals surface area contributed by atoms with Gasteiger partial charge in [0.1, 0.15) is 12.2 Å². The summed E-state index contributed by atoms with van der Waals surface area (Å²) in [5.41, 5.74) is 0. The van der Waals surface area contributed by atoms with Crippen LogP contribution in [0.3, 0.4) is 0 Å². The summed E-state index contributed by atoms with van der Waals surface area (Å²) >= 11 is 0. The smallest absolute Gasteiger partial charge is 0.303 e. The van der Waals surface area contributed by atoms with E-state index in [0.717, 1.165) is 27.7 Å². The molecule has 5 atom stereocenters. The lowest BCUT2D eigenvalue weighted by molar-refractivity contribution is -0.180. The minimum atomic E-state index is -1.18. The van der Waals surface area contributed by atoms with Gasteiger partial charge in [-0.2, -0.15) is 0 Å². The van der Waals surface area contributed by atoms with Gasteiger partial charge < -0.3 is 23.7 Å². The Morgan fingerprint density at radius 1 is 0.556 bits per heavy atom. The molecule has 1 aliphatic carbocycles. The molecular formula is C17H24O10. The van der Waals surface area contributed by atoms with Gasteiger partial charge in [-0.15, -0.1) is 0 Å². The van der Waals surface area contributed by atoms with Crippen LogP contribution in [0.5, 0.6) is 0 Å². The van der Waals surface area contributed by atoms with E-state index in [1.165, 1.54) is 6.92 Å². The molecule has 1 rings (SSSR count). The molecule has 0 saturated heterocycles. The van der Waals surface area contributed by atoms with Crippen molar-refractivity contribution in [1.29, 1.82) is 0 Å². The van der Waals surface area contributed by atoms with Crippen LogP contribution < -0.4 is 0 Å². The third-order valence-electron chi connectivity index (χ3n) is 3.78. The zero-order chi connectivity index (χ0) is 20.7. The van der Waals surface area contributed by atoms with Gasteiger partial charge in [0, 0.05) is 40.5 Å². The van der Waals surface area contributed by atoms with E-state index in [9.17, 15) is 24.0 Å². The van der Waals surface area contributed by atoms with Gasteiger partial charge in [-0.3, -0.25) is 24.0 Å². The van der Waals surface area contributed by atoms with Crippen LogP contribution >= 0.6 is 0 Å². The van der Waals surface area contributed by atoms with Crippen molar-refractivity contribution in [2.45, 2.75) is 65.5 Å². The second-order valence-electron chi connectivity index (χ2n) is 6.09. The average Bonchev–Trinajstić information content (AvgIpc) is 2.71. The molecule has 1 unspecified atom stereocenters. The number of hydrogen-bond acceptors (Lipinski definition) is 10. The highest BCUT2D eigenvalue weighted by Crippen LogP contribution is 2.38. The monoisotopic (exact) mass is 388 g/mol. The highest BCUT2D eigenvalue weighted by molar-refractivity contribution is 5.69. The van der Waals surface area contributed by atoms with Crippen LogP contribution in [0, 0.1) is 5.92 Å². The van der Waals surface area contributed by atoms with Gasteiger partial charge >= 0.3 is 29.8 Å². The molecule has 0 radical (unpaired) electrons. The van der Waals surface area contributed by atoms with Gasteiger partial charge in [-0.1, -0.05) is 0 Å². The number of ether oxygens (including phenoxy) is 5. The van der Waals surface area contributed by atoms with Crippen molar-refractivity contribution in [2.24, 2.45) is 5.92 Å². The lowest BCUT2D eigenvalue weighted by atomic mass is 9.99. The van der Waals surface area contributed by atoms with E-state index in [0.29, 0.717) is 0 Å². The zero-order valence-electron chi connectivity index (χ0n) is 15.9. The largest absolute Gasteiger partial charge is 0.466 e. The Kier molecular flexibility index (Phi) is 8.20. The molecule has 0 spiro atoms. The quantitative estimate of drug-likeness (QED) is 0.443. The van der Waals surface area contributed by atoms with E-state index in [1.54, 1.807) is 0 Å². The van der Waals surface area contributed by atoms with Crippen LogP contribution in [0.4, 0.5) is 0 Å². The van der Waals surface area contributed by atoms with Crippen LogP contribution in [-0.2, 0) is 47.7 Å². The van der Waals surface area contributed by atoms with Crippen molar-refractivity contribution in [3.8, 4) is 0 Å². The third kappa shape index (κ3) is 6.87. The zero-order valence-corrected chi connectivity index (χ0v) is 15.9. The fraction of sp³-hybridized carbons (Fsp3) is 0.706. The first kappa shape index (κ1) is 22.4. The summed E-state index contributed by atoms with van der Waals surface area (Å²) in [5.74, 6) is -3.98. The molecule has 10 nitrogen and oxygen atoms in total. The fourth-order valence-electron chi connectivity index (χ4n) is 3.06. The highest BCUT2D eigenvalue weighted by Gasteiger charge is 2.58. The summed E-state index contributed by atoms with van der Waals surface area (Å²) in [5, 5.41) is 0. The first-order chi connectivity index (χ1) is 12.5. The molecule has 1 fully saturated rings. The van der Waals surface area contributed by atoms with E-state index in [2.05, 4.69) is 0 Å². The van der Waals surface area contributed by atoms with Crippen molar-refractivity contribution >= 4 is 29.8 Å². The molecule has 0 aromatic heterocycles. The van der Waals surface area contributed by atoms with Crippen LogP contribution in [0.15, 0.2) is 0 Å². The normalized spacial score (nSPS) is 26.6. The Labute approximate surface area is 156 Å². The number of carbonyl (C=O) groups excluding carboxylic acids is 5. The molecule has 0 amide bonds. The maximum atomic E-state index is 11.6. The lowest BCUT2D eigenvalue weighted by Crippen LogP contribution is -2.41. The molecule has 10 heteroatoms. The van der Waals surface area contributed by atoms with Gasteiger partial charge in [0.15, 0.2) is 12.2 Å². The van der Waals surface area contributed by atoms with Gasteiger partial charge in [-0.05, 0) is 6.42 Å². The Morgan fingerprint density at radius 3 is 1.19 bits per heavy atom. The van der Waals surface area contributed by atoms with Crippen LogP contribution in [-0.4, -0.2) is 60.9 Å². The molecule has 27 heavy (non-hydrogen) atoms. The van der Waals surface area contributed by atoms with Gasteiger partial charge in [0.05, 0.1) is 6.61 Å². The molecule has 152 valence electrons. The Balaban J connectivity index is 3.26. The summed E-state index contributed by atoms with van der Waals surface area (Å²) in [6.07, 6.45) is -4.36. The number of esters is 5. The Hall–Kier alpha value is -2.65. The summed E-state index contributed by atoms with van der Waals surface area (Å²) in [6.45, 7) is 5.77. The van der Waals surface area contributed by atoms with Crippen molar-refractivity contribution < 1.29 is 47.7 Å². The van der Waals surface area contributed by atoms with Crippen molar-refractivity contribution in [3.05, 3.63) is 0 Å².